The molecular formula is C15H13ClF3NO. The molecule has 1 N–H and O–H groups in total. The van der Waals surface area contributed by atoms with Gasteiger partial charge in [0.15, 0.2) is 0 Å². The molecule has 21 heavy (non-hydrogen) atoms. The van der Waals surface area contributed by atoms with Crippen LogP contribution in [0, 0.1) is 0 Å². The quantitative estimate of drug-likeness (QED) is 0.888. The van der Waals surface area contributed by atoms with Crippen molar-refractivity contribution in [1.29, 1.82) is 0 Å². The van der Waals surface area contributed by atoms with E-state index in [4.69, 9.17) is 11.6 Å². The zero-order valence-electron chi connectivity index (χ0n) is 11.2. The summed E-state index contributed by atoms with van der Waals surface area (Å²) in [5, 5.41) is 3.57. The summed E-state index contributed by atoms with van der Waals surface area (Å²) in [4.78, 5) is 0. The molecule has 0 aromatic heterocycles. The van der Waals surface area contributed by atoms with Crippen LogP contribution in [0.5, 0.6) is 5.75 Å². The lowest BCUT2D eigenvalue weighted by molar-refractivity contribution is -0.274. The molecule has 0 spiro atoms. The predicted octanol–water partition coefficient (Wildman–Crippen LogP) is 4.63. The molecule has 0 aliphatic carbocycles. The second-order valence-corrected chi connectivity index (χ2v) is 4.82. The predicted molar refractivity (Wildman–Crippen MR) is 76.3 cm³/mol. The van der Waals surface area contributed by atoms with Crippen molar-refractivity contribution in [2.45, 2.75) is 12.9 Å². The molecule has 2 rings (SSSR count). The van der Waals surface area contributed by atoms with E-state index in [1.807, 2.05) is 25.2 Å². The van der Waals surface area contributed by atoms with Crippen molar-refractivity contribution < 1.29 is 17.9 Å². The lowest BCUT2D eigenvalue weighted by Gasteiger charge is -2.10. The van der Waals surface area contributed by atoms with Crippen LogP contribution < -0.4 is 10.1 Å². The largest absolute Gasteiger partial charge is 0.573 e. The molecule has 0 bridgehead atoms. The molecule has 0 aliphatic rings. The molecule has 0 aliphatic heterocycles. The number of alkyl halides is 3. The van der Waals surface area contributed by atoms with Crippen LogP contribution in [0.2, 0.25) is 5.02 Å². The summed E-state index contributed by atoms with van der Waals surface area (Å²) >= 11 is 6.21. The van der Waals surface area contributed by atoms with Gasteiger partial charge < -0.3 is 10.1 Å². The molecule has 0 radical (unpaired) electrons. The molecule has 0 heterocycles. The molecule has 6 heteroatoms. The summed E-state index contributed by atoms with van der Waals surface area (Å²) in [5.74, 6) is -0.255. The van der Waals surface area contributed by atoms with Crippen molar-refractivity contribution in [3.63, 3.8) is 0 Å². The average molecular weight is 316 g/mol. The molecule has 2 aromatic carbocycles. The Balaban J connectivity index is 2.22. The van der Waals surface area contributed by atoms with E-state index in [0.717, 1.165) is 16.7 Å². The summed E-state index contributed by atoms with van der Waals surface area (Å²) in [7, 11) is 1.83. The first kappa shape index (κ1) is 15.7. The maximum Gasteiger partial charge on any atom is 0.573 e. The van der Waals surface area contributed by atoms with E-state index in [1.54, 1.807) is 12.1 Å². The molecule has 0 saturated carbocycles. The van der Waals surface area contributed by atoms with Crippen LogP contribution in [0.25, 0.3) is 11.1 Å². The maximum atomic E-state index is 12.1. The number of ether oxygens (including phenoxy) is 1. The van der Waals surface area contributed by atoms with Gasteiger partial charge in [0.25, 0.3) is 0 Å². The van der Waals surface area contributed by atoms with E-state index in [1.165, 1.54) is 12.1 Å². The van der Waals surface area contributed by atoms with Crippen molar-refractivity contribution >= 4 is 11.6 Å². The Morgan fingerprint density at radius 2 is 1.76 bits per heavy atom. The number of hydrogen-bond donors (Lipinski definition) is 1. The Bertz CT molecular complexity index is 611. The summed E-state index contributed by atoms with van der Waals surface area (Å²) < 4.78 is 40.1. The van der Waals surface area contributed by atoms with E-state index in [-0.39, 0.29) is 5.75 Å². The molecule has 0 saturated heterocycles. The van der Waals surface area contributed by atoms with Gasteiger partial charge >= 0.3 is 6.36 Å². The van der Waals surface area contributed by atoms with E-state index in [2.05, 4.69) is 10.1 Å². The first-order chi connectivity index (χ1) is 9.89. The maximum absolute atomic E-state index is 12.1. The molecule has 0 fully saturated rings. The van der Waals surface area contributed by atoms with Gasteiger partial charge in [-0.15, -0.1) is 13.2 Å². The van der Waals surface area contributed by atoms with Gasteiger partial charge in [0.05, 0.1) is 0 Å². The van der Waals surface area contributed by atoms with Crippen LogP contribution in [0.15, 0.2) is 42.5 Å². The third-order valence-corrected chi connectivity index (χ3v) is 3.13. The second kappa shape index (κ2) is 6.37. The van der Waals surface area contributed by atoms with Crippen molar-refractivity contribution in [2.24, 2.45) is 0 Å². The molecule has 0 atom stereocenters. The molecule has 2 nitrogen and oxygen atoms in total. The van der Waals surface area contributed by atoms with Crippen molar-refractivity contribution in [3.8, 4) is 16.9 Å². The van der Waals surface area contributed by atoms with Crippen LogP contribution in [0.4, 0.5) is 13.2 Å². The molecule has 0 unspecified atom stereocenters. The molecule has 112 valence electrons. The summed E-state index contributed by atoms with van der Waals surface area (Å²) in [5.41, 5.74) is 2.52. The fourth-order valence-electron chi connectivity index (χ4n) is 1.94. The minimum atomic E-state index is -4.69. The van der Waals surface area contributed by atoms with Crippen molar-refractivity contribution in [3.05, 3.63) is 53.1 Å². The van der Waals surface area contributed by atoms with Gasteiger partial charge in [-0.3, -0.25) is 0 Å². The molecular weight excluding hydrogens is 303 g/mol. The standard InChI is InChI=1S/C15H13ClF3NO/c1-20-9-10-2-7-13(14(16)8-10)11-3-5-12(6-4-11)21-15(17,18)19/h2-8,20H,9H2,1H3. The van der Waals surface area contributed by atoms with E-state index < -0.39 is 6.36 Å². The Hall–Kier alpha value is -1.72. The summed E-state index contributed by atoms with van der Waals surface area (Å²) in [6.07, 6.45) is -4.69. The van der Waals surface area contributed by atoms with Gasteiger partial charge in [0.2, 0.25) is 0 Å². The summed E-state index contributed by atoms with van der Waals surface area (Å²) in [6, 6.07) is 11.2. The Labute approximate surface area is 125 Å². The van der Waals surface area contributed by atoms with Gasteiger partial charge in [0, 0.05) is 17.1 Å². The van der Waals surface area contributed by atoms with Gasteiger partial charge in [-0.05, 0) is 36.4 Å². The average Bonchev–Trinajstić information content (AvgIpc) is 2.39. The fraction of sp³-hybridized carbons (Fsp3) is 0.200. The third kappa shape index (κ3) is 4.37. The van der Waals surface area contributed by atoms with Crippen LogP contribution >= 0.6 is 11.6 Å². The fourth-order valence-corrected chi connectivity index (χ4v) is 2.26. The minimum Gasteiger partial charge on any atom is -0.406 e. The van der Waals surface area contributed by atoms with E-state index >= 15 is 0 Å². The van der Waals surface area contributed by atoms with Crippen LogP contribution in [0.3, 0.4) is 0 Å². The first-order valence-corrected chi connectivity index (χ1v) is 6.56. The Kier molecular flexibility index (Phi) is 4.75. The van der Waals surface area contributed by atoms with Crippen molar-refractivity contribution in [2.75, 3.05) is 7.05 Å². The minimum absolute atomic E-state index is 0.255. The van der Waals surface area contributed by atoms with E-state index in [0.29, 0.717) is 11.6 Å². The lowest BCUT2D eigenvalue weighted by atomic mass is 10.0. The highest BCUT2D eigenvalue weighted by Gasteiger charge is 2.30. The highest BCUT2D eigenvalue weighted by Crippen LogP contribution is 2.31. The van der Waals surface area contributed by atoms with E-state index in [9.17, 15) is 13.2 Å². The number of halogens is 4. The van der Waals surface area contributed by atoms with Crippen LogP contribution in [0.1, 0.15) is 5.56 Å². The molecule has 2 aromatic rings. The zero-order chi connectivity index (χ0) is 15.5. The van der Waals surface area contributed by atoms with Crippen molar-refractivity contribution in [1.82, 2.24) is 5.32 Å². The third-order valence-electron chi connectivity index (χ3n) is 2.81. The number of benzene rings is 2. The van der Waals surface area contributed by atoms with Gasteiger partial charge in [-0.25, -0.2) is 0 Å². The zero-order valence-corrected chi connectivity index (χ0v) is 11.9. The monoisotopic (exact) mass is 315 g/mol. The smallest absolute Gasteiger partial charge is 0.406 e. The lowest BCUT2D eigenvalue weighted by Crippen LogP contribution is -2.16. The van der Waals surface area contributed by atoms with Crippen LogP contribution in [-0.4, -0.2) is 13.4 Å². The Morgan fingerprint density at radius 1 is 1.10 bits per heavy atom. The molecule has 0 amide bonds. The first-order valence-electron chi connectivity index (χ1n) is 6.18. The highest BCUT2D eigenvalue weighted by molar-refractivity contribution is 6.33. The van der Waals surface area contributed by atoms with Gasteiger partial charge in [-0.2, -0.15) is 0 Å². The number of hydrogen-bond acceptors (Lipinski definition) is 2. The van der Waals surface area contributed by atoms with Crippen LogP contribution in [-0.2, 0) is 6.54 Å². The SMILES string of the molecule is CNCc1ccc(-c2ccc(OC(F)(F)F)cc2)c(Cl)c1. The highest BCUT2D eigenvalue weighted by atomic mass is 35.5. The topological polar surface area (TPSA) is 21.3 Å². The van der Waals surface area contributed by atoms with Gasteiger partial charge in [0.1, 0.15) is 5.75 Å². The number of nitrogens with one attached hydrogen (secondary N) is 1. The Morgan fingerprint density at radius 3 is 2.29 bits per heavy atom. The summed E-state index contributed by atoms with van der Waals surface area (Å²) in [6.45, 7) is 0.693. The second-order valence-electron chi connectivity index (χ2n) is 4.42. The van der Waals surface area contributed by atoms with Gasteiger partial charge in [-0.1, -0.05) is 35.9 Å². The normalized spacial score (nSPS) is 11.5. The number of rotatable bonds is 4.